The fraction of sp³-hybridized carbons (Fsp3) is 0.600. The Morgan fingerprint density at radius 2 is 2.00 bits per heavy atom. The lowest BCUT2D eigenvalue weighted by Gasteiger charge is -2.12. The number of aryl methyl sites for hydroxylation is 1. The van der Waals surface area contributed by atoms with Crippen LogP contribution in [0.5, 0.6) is 0 Å². The van der Waals surface area contributed by atoms with Gasteiger partial charge in [-0.2, -0.15) is 0 Å². The van der Waals surface area contributed by atoms with E-state index in [1.165, 1.54) is 5.56 Å². The average molecular weight is 262 g/mol. The third kappa shape index (κ3) is 6.79. The first kappa shape index (κ1) is 15.5. The summed E-state index contributed by atoms with van der Waals surface area (Å²) in [5.74, 6) is 1.59. The van der Waals surface area contributed by atoms with Crippen molar-refractivity contribution >= 4 is 5.96 Å². The number of aliphatic imine (C=N–C) groups is 1. The number of hydrogen-bond donors (Lipinski definition) is 2. The molecule has 4 nitrogen and oxygen atoms in total. The first-order valence-corrected chi connectivity index (χ1v) is 6.98. The summed E-state index contributed by atoms with van der Waals surface area (Å²) in [4.78, 5) is 8.50. The van der Waals surface area contributed by atoms with E-state index >= 15 is 0 Å². The van der Waals surface area contributed by atoms with Crippen LogP contribution in [0, 0.1) is 12.8 Å². The normalized spacial score (nSPS) is 11.7. The minimum atomic E-state index is 0.712. The molecule has 0 aromatic carbocycles. The van der Waals surface area contributed by atoms with E-state index in [2.05, 4.69) is 40.5 Å². The number of nitrogens with zero attached hydrogens (tertiary/aromatic N) is 2. The van der Waals surface area contributed by atoms with Gasteiger partial charge in [-0.25, -0.2) is 0 Å². The van der Waals surface area contributed by atoms with Crippen molar-refractivity contribution in [3.05, 3.63) is 29.6 Å². The van der Waals surface area contributed by atoms with E-state index in [1.54, 1.807) is 7.05 Å². The maximum absolute atomic E-state index is 4.29. The van der Waals surface area contributed by atoms with Gasteiger partial charge < -0.3 is 10.6 Å². The Hall–Kier alpha value is -1.58. The molecule has 1 aromatic heterocycles. The molecular weight excluding hydrogens is 236 g/mol. The van der Waals surface area contributed by atoms with E-state index in [0.717, 1.165) is 37.6 Å². The van der Waals surface area contributed by atoms with Crippen molar-refractivity contribution in [2.75, 3.05) is 20.1 Å². The Bertz CT molecular complexity index is 382. The molecule has 0 aliphatic rings. The molecular formula is C15H26N4. The highest BCUT2D eigenvalue weighted by Crippen LogP contribution is 1.99. The maximum atomic E-state index is 4.29. The van der Waals surface area contributed by atoms with Gasteiger partial charge in [-0.1, -0.05) is 19.9 Å². The van der Waals surface area contributed by atoms with Crippen LogP contribution in [0.15, 0.2) is 23.3 Å². The van der Waals surface area contributed by atoms with Crippen molar-refractivity contribution in [3.63, 3.8) is 0 Å². The zero-order valence-corrected chi connectivity index (χ0v) is 12.5. The second-order valence-electron chi connectivity index (χ2n) is 5.17. The van der Waals surface area contributed by atoms with E-state index in [9.17, 15) is 0 Å². The second-order valence-corrected chi connectivity index (χ2v) is 5.17. The number of nitrogens with one attached hydrogen (secondary N) is 2. The molecule has 0 radical (unpaired) electrons. The molecule has 1 heterocycles. The molecule has 0 atom stereocenters. The van der Waals surface area contributed by atoms with E-state index in [4.69, 9.17) is 0 Å². The van der Waals surface area contributed by atoms with Gasteiger partial charge >= 0.3 is 0 Å². The lowest BCUT2D eigenvalue weighted by atomic mass is 10.1. The molecule has 0 aliphatic carbocycles. The van der Waals surface area contributed by atoms with Crippen LogP contribution in [-0.4, -0.2) is 31.1 Å². The number of guanidine groups is 1. The zero-order chi connectivity index (χ0) is 14.1. The Labute approximate surface area is 116 Å². The van der Waals surface area contributed by atoms with E-state index in [-0.39, 0.29) is 0 Å². The molecule has 106 valence electrons. The Morgan fingerprint density at radius 3 is 2.58 bits per heavy atom. The summed E-state index contributed by atoms with van der Waals surface area (Å²) in [6.07, 6.45) is 4.05. The van der Waals surface area contributed by atoms with Gasteiger partial charge in [0.15, 0.2) is 5.96 Å². The monoisotopic (exact) mass is 262 g/mol. The van der Waals surface area contributed by atoms with Crippen molar-refractivity contribution in [1.29, 1.82) is 0 Å². The topological polar surface area (TPSA) is 49.3 Å². The number of aromatic nitrogens is 1. The van der Waals surface area contributed by atoms with Crippen LogP contribution in [0.3, 0.4) is 0 Å². The second kappa shape index (κ2) is 8.51. The zero-order valence-electron chi connectivity index (χ0n) is 12.5. The third-order valence-corrected chi connectivity index (χ3v) is 2.92. The van der Waals surface area contributed by atoms with Gasteiger partial charge in [0, 0.05) is 32.0 Å². The van der Waals surface area contributed by atoms with E-state index < -0.39 is 0 Å². The highest BCUT2D eigenvalue weighted by Gasteiger charge is 1.99. The van der Waals surface area contributed by atoms with Crippen molar-refractivity contribution in [2.45, 2.75) is 33.6 Å². The van der Waals surface area contributed by atoms with Crippen molar-refractivity contribution < 1.29 is 0 Å². The number of rotatable bonds is 6. The summed E-state index contributed by atoms with van der Waals surface area (Å²) >= 11 is 0. The molecule has 2 N–H and O–H groups in total. The minimum absolute atomic E-state index is 0.712. The van der Waals surface area contributed by atoms with Crippen molar-refractivity contribution in [2.24, 2.45) is 10.9 Å². The van der Waals surface area contributed by atoms with Gasteiger partial charge in [0.05, 0.1) is 0 Å². The first-order valence-electron chi connectivity index (χ1n) is 6.98. The lowest BCUT2D eigenvalue weighted by Crippen LogP contribution is -2.39. The van der Waals surface area contributed by atoms with Crippen LogP contribution in [0.25, 0.3) is 0 Å². The van der Waals surface area contributed by atoms with Crippen LogP contribution < -0.4 is 10.6 Å². The average Bonchev–Trinajstić information content (AvgIpc) is 2.39. The van der Waals surface area contributed by atoms with Gasteiger partial charge in [0.2, 0.25) is 0 Å². The molecule has 0 aliphatic heterocycles. The summed E-state index contributed by atoms with van der Waals surface area (Å²) in [5.41, 5.74) is 2.30. The van der Waals surface area contributed by atoms with Gasteiger partial charge in [-0.15, -0.1) is 0 Å². The predicted molar refractivity (Wildman–Crippen MR) is 81.5 cm³/mol. The van der Waals surface area contributed by atoms with E-state index in [1.807, 2.05) is 19.2 Å². The van der Waals surface area contributed by atoms with Crippen LogP contribution >= 0.6 is 0 Å². The summed E-state index contributed by atoms with van der Waals surface area (Å²) in [6.45, 7) is 8.28. The number of pyridine rings is 1. The SMILES string of the molecule is CN=C(NCCc1ccc(C)nc1)NCCC(C)C. The maximum Gasteiger partial charge on any atom is 0.190 e. The summed E-state index contributed by atoms with van der Waals surface area (Å²) in [7, 11) is 1.80. The minimum Gasteiger partial charge on any atom is -0.356 e. The Morgan fingerprint density at radius 1 is 1.26 bits per heavy atom. The van der Waals surface area contributed by atoms with E-state index in [0.29, 0.717) is 5.92 Å². The molecule has 4 heteroatoms. The Kier molecular flexibility index (Phi) is 6.93. The highest BCUT2D eigenvalue weighted by molar-refractivity contribution is 5.79. The quantitative estimate of drug-likeness (QED) is 0.610. The molecule has 0 fully saturated rings. The smallest absolute Gasteiger partial charge is 0.190 e. The van der Waals surface area contributed by atoms with Gasteiger partial charge in [-0.05, 0) is 37.3 Å². The molecule has 1 aromatic rings. The molecule has 0 amide bonds. The van der Waals surface area contributed by atoms with Gasteiger partial charge in [0.25, 0.3) is 0 Å². The summed E-state index contributed by atoms with van der Waals surface area (Å²) < 4.78 is 0. The summed E-state index contributed by atoms with van der Waals surface area (Å²) in [5, 5.41) is 6.64. The van der Waals surface area contributed by atoms with Gasteiger partial charge in [-0.3, -0.25) is 9.98 Å². The first-order chi connectivity index (χ1) is 9.11. The molecule has 1 rings (SSSR count). The summed E-state index contributed by atoms with van der Waals surface area (Å²) in [6, 6.07) is 4.17. The fourth-order valence-corrected chi connectivity index (χ4v) is 1.67. The van der Waals surface area contributed by atoms with Crippen molar-refractivity contribution in [3.8, 4) is 0 Å². The predicted octanol–water partition coefficient (Wildman–Crippen LogP) is 2.14. The van der Waals surface area contributed by atoms with Crippen LogP contribution in [-0.2, 0) is 6.42 Å². The largest absolute Gasteiger partial charge is 0.356 e. The van der Waals surface area contributed by atoms with Gasteiger partial charge in [0.1, 0.15) is 0 Å². The van der Waals surface area contributed by atoms with Crippen LogP contribution in [0.2, 0.25) is 0 Å². The Balaban J connectivity index is 2.24. The molecule has 19 heavy (non-hydrogen) atoms. The fourth-order valence-electron chi connectivity index (χ4n) is 1.67. The van der Waals surface area contributed by atoms with Crippen LogP contribution in [0.1, 0.15) is 31.5 Å². The molecule has 0 saturated carbocycles. The molecule has 0 saturated heterocycles. The third-order valence-electron chi connectivity index (χ3n) is 2.92. The number of hydrogen-bond acceptors (Lipinski definition) is 2. The highest BCUT2D eigenvalue weighted by atomic mass is 15.2. The molecule has 0 unspecified atom stereocenters. The molecule has 0 bridgehead atoms. The molecule has 0 spiro atoms. The lowest BCUT2D eigenvalue weighted by molar-refractivity contribution is 0.573. The van der Waals surface area contributed by atoms with Crippen LogP contribution in [0.4, 0.5) is 0 Å². The standard InChI is InChI=1S/C15H26N4/c1-12(2)7-9-17-15(16-4)18-10-8-14-6-5-13(3)19-11-14/h5-6,11-12H,7-10H2,1-4H3,(H2,16,17,18). The van der Waals surface area contributed by atoms with Crippen molar-refractivity contribution in [1.82, 2.24) is 15.6 Å².